The molecule has 1 N–H and O–H groups in total. The first kappa shape index (κ1) is 16.9. The number of halogens is 1. The van der Waals surface area contributed by atoms with Crippen molar-refractivity contribution in [2.75, 3.05) is 18.2 Å². The van der Waals surface area contributed by atoms with Crippen molar-refractivity contribution in [3.63, 3.8) is 0 Å². The molecule has 0 unspecified atom stereocenters. The van der Waals surface area contributed by atoms with Gasteiger partial charge in [0.2, 0.25) is 0 Å². The molecule has 2 rings (SSSR count). The molecule has 0 aromatic heterocycles. The Morgan fingerprint density at radius 1 is 1.22 bits per heavy atom. The van der Waals surface area contributed by atoms with E-state index < -0.39 is 4.92 Å². The van der Waals surface area contributed by atoms with Crippen LogP contribution in [0.15, 0.2) is 52.7 Å². The van der Waals surface area contributed by atoms with Gasteiger partial charge in [-0.1, -0.05) is 11.6 Å². The predicted molar refractivity (Wildman–Crippen MR) is 88.8 cm³/mol. The minimum absolute atomic E-state index is 0.0598. The lowest BCUT2D eigenvalue weighted by molar-refractivity contribution is -0.384. The Morgan fingerprint density at radius 2 is 1.91 bits per heavy atom. The normalized spacial score (nSPS) is 10.9. The van der Waals surface area contributed by atoms with Gasteiger partial charge in [0.25, 0.3) is 5.69 Å². The third kappa shape index (κ3) is 4.24. The van der Waals surface area contributed by atoms with Crippen LogP contribution in [-0.4, -0.2) is 23.3 Å². The highest BCUT2D eigenvalue weighted by atomic mass is 35.5. The molecule has 0 aliphatic heterocycles. The lowest BCUT2D eigenvalue weighted by Crippen LogP contribution is -2.23. The average Bonchev–Trinajstić information content (AvgIpc) is 2.56. The average molecular weight is 335 g/mol. The van der Waals surface area contributed by atoms with Gasteiger partial charge >= 0.3 is 0 Å². The molecule has 0 heterocycles. The summed E-state index contributed by atoms with van der Waals surface area (Å²) in [4.78, 5) is 11.9. The van der Waals surface area contributed by atoms with Crippen molar-refractivity contribution in [2.24, 2.45) is 10.2 Å². The predicted octanol–water partition coefficient (Wildman–Crippen LogP) is 4.44. The lowest BCUT2D eigenvalue weighted by Gasteiger charge is -2.19. The second kappa shape index (κ2) is 7.66. The van der Waals surface area contributed by atoms with Crippen molar-refractivity contribution in [1.82, 2.24) is 0 Å². The topological polar surface area (TPSA) is 91.3 Å². The Bertz CT molecular complexity index is 715. The van der Waals surface area contributed by atoms with Gasteiger partial charge in [0.1, 0.15) is 12.4 Å². The zero-order valence-corrected chi connectivity index (χ0v) is 13.1. The number of benzene rings is 2. The van der Waals surface area contributed by atoms with Crippen molar-refractivity contribution in [2.45, 2.75) is 6.92 Å². The fourth-order valence-electron chi connectivity index (χ4n) is 1.90. The summed E-state index contributed by atoms with van der Waals surface area (Å²) in [6.07, 6.45) is 0. The second-order valence-electron chi connectivity index (χ2n) is 4.61. The molecule has 0 bridgehead atoms. The molecule has 0 aliphatic carbocycles. The first-order valence-electron chi connectivity index (χ1n) is 6.86. The van der Waals surface area contributed by atoms with Crippen LogP contribution >= 0.6 is 11.6 Å². The summed E-state index contributed by atoms with van der Waals surface area (Å²) in [6, 6.07) is 11.2. The summed E-state index contributed by atoms with van der Waals surface area (Å²) in [5.41, 5.74) is 1.74. The number of aliphatic hydroxyl groups is 1. The molecule has 0 amide bonds. The Balaban J connectivity index is 2.15. The fourth-order valence-corrected chi connectivity index (χ4v) is 2.11. The van der Waals surface area contributed by atoms with Crippen molar-refractivity contribution < 1.29 is 10.0 Å². The SMILES string of the molecule is CCN(CO)c1ccc(N=Nc2ccc([N+](=O)[O-])cc2Cl)cc1. The van der Waals surface area contributed by atoms with Gasteiger partial charge in [0.15, 0.2) is 0 Å². The zero-order valence-electron chi connectivity index (χ0n) is 12.4. The van der Waals surface area contributed by atoms with Gasteiger partial charge < -0.3 is 10.0 Å². The van der Waals surface area contributed by atoms with Crippen LogP contribution in [-0.2, 0) is 0 Å². The molecular weight excluding hydrogens is 320 g/mol. The van der Waals surface area contributed by atoms with Gasteiger partial charge in [0, 0.05) is 24.4 Å². The first-order chi connectivity index (χ1) is 11.0. The summed E-state index contributed by atoms with van der Waals surface area (Å²) in [5.74, 6) is 0. The molecule has 23 heavy (non-hydrogen) atoms. The van der Waals surface area contributed by atoms with E-state index in [9.17, 15) is 15.2 Å². The van der Waals surface area contributed by atoms with Gasteiger partial charge in [-0.25, -0.2) is 0 Å². The second-order valence-corrected chi connectivity index (χ2v) is 5.01. The molecule has 0 saturated heterocycles. The van der Waals surface area contributed by atoms with Gasteiger partial charge in [-0.2, -0.15) is 5.11 Å². The van der Waals surface area contributed by atoms with E-state index in [0.717, 1.165) is 5.69 Å². The van der Waals surface area contributed by atoms with Crippen molar-refractivity contribution in [3.8, 4) is 0 Å². The fraction of sp³-hybridized carbons (Fsp3) is 0.200. The summed E-state index contributed by atoms with van der Waals surface area (Å²) in [5, 5.41) is 28.1. The Kier molecular flexibility index (Phi) is 5.61. The number of aliphatic hydroxyl groups excluding tert-OH is 1. The van der Waals surface area contributed by atoms with Crippen LogP contribution in [0.2, 0.25) is 5.02 Å². The molecule has 0 spiro atoms. The molecule has 0 radical (unpaired) electrons. The van der Waals surface area contributed by atoms with Crippen LogP contribution in [0.1, 0.15) is 6.92 Å². The number of nitro benzene ring substituents is 1. The van der Waals surface area contributed by atoms with Gasteiger partial charge in [-0.05, 0) is 37.3 Å². The number of nitro groups is 1. The van der Waals surface area contributed by atoms with Crippen LogP contribution < -0.4 is 4.90 Å². The number of nitrogens with zero attached hydrogens (tertiary/aromatic N) is 4. The van der Waals surface area contributed by atoms with Gasteiger partial charge in [-0.15, -0.1) is 5.11 Å². The van der Waals surface area contributed by atoms with E-state index in [1.807, 2.05) is 19.1 Å². The third-order valence-corrected chi connectivity index (χ3v) is 3.49. The highest BCUT2D eigenvalue weighted by Gasteiger charge is 2.09. The largest absolute Gasteiger partial charge is 0.376 e. The smallest absolute Gasteiger partial charge is 0.271 e. The summed E-state index contributed by atoms with van der Waals surface area (Å²) in [6.45, 7) is 2.58. The highest BCUT2D eigenvalue weighted by Crippen LogP contribution is 2.30. The Labute approximate surface area is 138 Å². The number of azo groups is 1. The molecule has 7 nitrogen and oxygen atoms in total. The van der Waals surface area contributed by atoms with Crippen LogP contribution in [0, 0.1) is 10.1 Å². The standard InChI is InChI=1S/C15H15ClN4O3/c1-2-19(10-21)12-5-3-11(4-6-12)17-18-15-8-7-13(20(22)23)9-14(15)16/h3-9,21H,2,10H2,1H3. The first-order valence-corrected chi connectivity index (χ1v) is 7.24. The molecular formula is C15H15ClN4O3. The quantitative estimate of drug-likeness (QED) is 0.366. The monoisotopic (exact) mass is 334 g/mol. The number of hydrogen-bond donors (Lipinski definition) is 1. The van der Waals surface area contributed by atoms with Crippen LogP contribution in [0.3, 0.4) is 0 Å². The molecule has 8 heteroatoms. The van der Waals surface area contributed by atoms with E-state index >= 15 is 0 Å². The highest BCUT2D eigenvalue weighted by molar-refractivity contribution is 6.33. The van der Waals surface area contributed by atoms with Crippen LogP contribution in [0.5, 0.6) is 0 Å². The molecule has 2 aromatic rings. The van der Waals surface area contributed by atoms with E-state index in [0.29, 0.717) is 17.9 Å². The Hall–Kier alpha value is -2.51. The molecule has 0 saturated carbocycles. The molecule has 2 aromatic carbocycles. The summed E-state index contributed by atoms with van der Waals surface area (Å²) >= 11 is 5.95. The van der Waals surface area contributed by atoms with E-state index in [4.69, 9.17) is 11.6 Å². The third-order valence-electron chi connectivity index (χ3n) is 3.18. The summed E-state index contributed by atoms with van der Waals surface area (Å²) in [7, 11) is 0. The van der Waals surface area contributed by atoms with E-state index in [1.54, 1.807) is 17.0 Å². The Morgan fingerprint density at radius 3 is 2.43 bits per heavy atom. The number of rotatable bonds is 6. The minimum Gasteiger partial charge on any atom is -0.376 e. The molecule has 0 aliphatic rings. The van der Waals surface area contributed by atoms with Gasteiger partial charge in [0.05, 0.1) is 15.6 Å². The lowest BCUT2D eigenvalue weighted by atomic mass is 10.2. The van der Waals surface area contributed by atoms with Crippen LogP contribution in [0.4, 0.5) is 22.7 Å². The van der Waals surface area contributed by atoms with Crippen LogP contribution in [0.25, 0.3) is 0 Å². The maximum Gasteiger partial charge on any atom is 0.271 e. The maximum atomic E-state index is 10.7. The molecule has 0 atom stereocenters. The molecule has 0 fully saturated rings. The summed E-state index contributed by atoms with van der Waals surface area (Å²) < 4.78 is 0. The maximum absolute atomic E-state index is 10.7. The van der Waals surface area contributed by atoms with E-state index in [-0.39, 0.29) is 17.4 Å². The zero-order chi connectivity index (χ0) is 16.8. The number of anilines is 1. The minimum atomic E-state index is -0.522. The van der Waals surface area contributed by atoms with Crippen molar-refractivity contribution in [1.29, 1.82) is 0 Å². The van der Waals surface area contributed by atoms with Crippen molar-refractivity contribution in [3.05, 3.63) is 57.6 Å². The van der Waals surface area contributed by atoms with Crippen molar-refractivity contribution >= 4 is 34.4 Å². The number of hydrogen-bond acceptors (Lipinski definition) is 6. The van der Waals surface area contributed by atoms with E-state index in [2.05, 4.69) is 10.2 Å². The van der Waals surface area contributed by atoms with Gasteiger partial charge in [-0.3, -0.25) is 10.1 Å². The molecule has 120 valence electrons. The van der Waals surface area contributed by atoms with E-state index in [1.165, 1.54) is 18.2 Å². The number of non-ortho nitro benzene ring substituents is 1.